The number of benzene rings is 2. The van der Waals surface area contributed by atoms with E-state index in [9.17, 15) is 9.59 Å². The molecule has 144 valence electrons. The zero-order valence-electron chi connectivity index (χ0n) is 16.0. The first-order chi connectivity index (χ1) is 13.6. The molecular weight excluding hydrogens is 352 g/mol. The van der Waals surface area contributed by atoms with Crippen molar-refractivity contribution < 1.29 is 4.79 Å². The van der Waals surface area contributed by atoms with Crippen LogP contribution in [0.2, 0.25) is 0 Å². The summed E-state index contributed by atoms with van der Waals surface area (Å²) in [6.07, 6.45) is 1.71. The highest BCUT2D eigenvalue weighted by Gasteiger charge is 2.33. The number of nitrogens with zero attached hydrogens (tertiary/aromatic N) is 4. The van der Waals surface area contributed by atoms with Crippen LogP contribution < -0.4 is 5.69 Å². The third-order valence-corrected chi connectivity index (χ3v) is 5.38. The lowest BCUT2D eigenvalue weighted by molar-refractivity contribution is -0.140. The summed E-state index contributed by atoms with van der Waals surface area (Å²) in [6.45, 7) is 3.07. The lowest BCUT2D eigenvalue weighted by atomic mass is 9.95. The third kappa shape index (κ3) is 3.63. The number of amides is 1. The SMILES string of the molecule is Cc1nn(CC(=O)N2CCC2c2ccccc2)c(=O)n1CCc1ccccc1. The summed E-state index contributed by atoms with van der Waals surface area (Å²) >= 11 is 0. The Balaban J connectivity index is 1.44. The van der Waals surface area contributed by atoms with Crippen LogP contribution in [0.3, 0.4) is 0 Å². The fourth-order valence-corrected chi connectivity index (χ4v) is 3.72. The minimum atomic E-state index is -0.224. The fourth-order valence-electron chi connectivity index (χ4n) is 3.72. The molecule has 3 aromatic rings. The van der Waals surface area contributed by atoms with Crippen molar-refractivity contribution in [1.82, 2.24) is 19.2 Å². The van der Waals surface area contributed by atoms with Crippen LogP contribution in [0.5, 0.6) is 0 Å². The van der Waals surface area contributed by atoms with Crippen molar-refractivity contribution in [2.45, 2.75) is 38.9 Å². The maximum atomic E-state index is 12.7. The van der Waals surface area contributed by atoms with Crippen molar-refractivity contribution in [2.75, 3.05) is 6.54 Å². The van der Waals surface area contributed by atoms with Crippen LogP contribution in [-0.4, -0.2) is 31.7 Å². The van der Waals surface area contributed by atoms with E-state index in [4.69, 9.17) is 0 Å². The second kappa shape index (κ2) is 7.84. The Bertz CT molecular complexity index is 1010. The van der Waals surface area contributed by atoms with E-state index in [0.29, 0.717) is 12.4 Å². The molecule has 1 amide bonds. The Morgan fingerprint density at radius 2 is 1.75 bits per heavy atom. The lowest BCUT2D eigenvalue weighted by Gasteiger charge is -2.41. The smallest absolute Gasteiger partial charge is 0.334 e. The number of aryl methyl sites for hydroxylation is 2. The predicted octanol–water partition coefficient (Wildman–Crippen LogP) is 2.57. The second-order valence-corrected chi connectivity index (χ2v) is 7.18. The molecule has 1 saturated heterocycles. The molecule has 0 radical (unpaired) electrons. The molecule has 1 unspecified atom stereocenters. The average molecular weight is 376 g/mol. The number of rotatable bonds is 6. The first-order valence-electron chi connectivity index (χ1n) is 9.66. The molecule has 0 N–H and O–H groups in total. The van der Waals surface area contributed by atoms with Gasteiger partial charge in [-0.1, -0.05) is 60.7 Å². The summed E-state index contributed by atoms with van der Waals surface area (Å²) in [6, 6.07) is 20.2. The predicted molar refractivity (Wildman–Crippen MR) is 107 cm³/mol. The molecular formula is C22H24N4O2. The maximum Gasteiger partial charge on any atom is 0.346 e. The van der Waals surface area contributed by atoms with Gasteiger partial charge in [0.05, 0.1) is 6.04 Å². The highest BCUT2D eigenvalue weighted by Crippen LogP contribution is 2.33. The van der Waals surface area contributed by atoms with Crippen LogP contribution >= 0.6 is 0 Å². The van der Waals surface area contributed by atoms with Gasteiger partial charge in [-0.3, -0.25) is 9.36 Å². The standard InChI is InChI=1S/C22H24N4O2/c1-17-23-26(22(28)24(17)14-12-18-8-4-2-5-9-18)16-21(27)25-15-13-20(25)19-10-6-3-7-11-19/h2-11,20H,12-16H2,1H3. The zero-order chi connectivity index (χ0) is 19.5. The van der Waals surface area contributed by atoms with Gasteiger partial charge in [0.15, 0.2) is 0 Å². The van der Waals surface area contributed by atoms with Gasteiger partial charge in [-0.2, -0.15) is 5.10 Å². The normalized spacial score (nSPS) is 16.0. The molecule has 0 aliphatic carbocycles. The quantitative estimate of drug-likeness (QED) is 0.664. The summed E-state index contributed by atoms with van der Waals surface area (Å²) in [5, 5.41) is 4.32. The summed E-state index contributed by atoms with van der Waals surface area (Å²) in [4.78, 5) is 27.3. The molecule has 1 aliphatic heterocycles. The molecule has 1 fully saturated rings. The molecule has 28 heavy (non-hydrogen) atoms. The molecule has 0 saturated carbocycles. The van der Waals surface area contributed by atoms with Gasteiger partial charge in [0.1, 0.15) is 12.4 Å². The van der Waals surface area contributed by atoms with Crippen LogP contribution in [0.15, 0.2) is 65.5 Å². The molecule has 0 bridgehead atoms. The van der Waals surface area contributed by atoms with Gasteiger partial charge in [-0.05, 0) is 30.9 Å². The first-order valence-corrected chi connectivity index (χ1v) is 9.66. The van der Waals surface area contributed by atoms with Crippen molar-refractivity contribution in [3.63, 3.8) is 0 Å². The van der Waals surface area contributed by atoms with E-state index in [1.54, 1.807) is 4.57 Å². The van der Waals surface area contributed by atoms with Crippen LogP contribution in [0, 0.1) is 6.92 Å². The molecule has 2 aromatic carbocycles. The molecule has 4 rings (SSSR count). The zero-order valence-corrected chi connectivity index (χ0v) is 16.0. The summed E-state index contributed by atoms with van der Waals surface area (Å²) in [5.74, 6) is 0.576. The Morgan fingerprint density at radius 3 is 2.39 bits per heavy atom. The van der Waals surface area contributed by atoms with E-state index >= 15 is 0 Å². The van der Waals surface area contributed by atoms with E-state index in [1.807, 2.05) is 72.5 Å². The summed E-state index contributed by atoms with van der Waals surface area (Å²) in [7, 11) is 0. The minimum Gasteiger partial charge on any atom is -0.334 e. The van der Waals surface area contributed by atoms with Gasteiger partial charge >= 0.3 is 5.69 Å². The van der Waals surface area contributed by atoms with Gasteiger partial charge in [0.25, 0.3) is 0 Å². The van der Waals surface area contributed by atoms with E-state index in [0.717, 1.165) is 24.9 Å². The largest absolute Gasteiger partial charge is 0.346 e. The number of likely N-dealkylation sites (tertiary alicyclic amines) is 1. The third-order valence-electron chi connectivity index (χ3n) is 5.38. The summed E-state index contributed by atoms with van der Waals surface area (Å²) < 4.78 is 2.94. The van der Waals surface area contributed by atoms with Crippen LogP contribution in [0.4, 0.5) is 0 Å². The van der Waals surface area contributed by atoms with E-state index in [1.165, 1.54) is 10.2 Å². The highest BCUT2D eigenvalue weighted by molar-refractivity contribution is 5.77. The number of carbonyl (C=O) groups is 1. The molecule has 6 nitrogen and oxygen atoms in total. The topological polar surface area (TPSA) is 60.1 Å². The minimum absolute atomic E-state index is 0.0126. The van der Waals surface area contributed by atoms with Gasteiger partial charge in [0, 0.05) is 13.1 Å². The van der Waals surface area contributed by atoms with Gasteiger partial charge in [-0.15, -0.1) is 0 Å². The van der Waals surface area contributed by atoms with E-state index < -0.39 is 0 Å². The monoisotopic (exact) mass is 376 g/mol. The Morgan fingerprint density at radius 1 is 1.07 bits per heavy atom. The van der Waals surface area contributed by atoms with Crippen LogP contribution in [0.1, 0.15) is 29.4 Å². The van der Waals surface area contributed by atoms with Crippen LogP contribution in [-0.2, 0) is 24.3 Å². The van der Waals surface area contributed by atoms with E-state index in [2.05, 4.69) is 5.10 Å². The highest BCUT2D eigenvalue weighted by atomic mass is 16.2. The Hall–Kier alpha value is -3.15. The molecule has 0 spiro atoms. The number of hydrogen-bond acceptors (Lipinski definition) is 3. The average Bonchev–Trinajstić information content (AvgIpc) is 2.94. The van der Waals surface area contributed by atoms with Crippen molar-refractivity contribution in [1.29, 1.82) is 0 Å². The molecule has 1 atom stereocenters. The number of carbonyl (C=O) groups excluding carboxylic acids is 1. The Labute approximate surface area is 164 Å². The van der Waals surface area contributed by atoms with Gasteiger partial charge < -0.3 is 4.90 Å². The number of aromatic nitrogens is 3. The maximum absolute atomic E-state index is 12.7. The van der Waals surface area contributed by atoms with Crippen molar-refractivity contribution >= 4 is 5.91 Å². The van der Waals surface area contributed by atoms with Gasteiger partial charge in [0.2, 0.25) is 5.91 Å². The van der Waals surface area contributed by atoms with Crippen molar-refractivity contribution in [2.24, 2.45) is 0 Å². The van der Waals surface area contributed by atoms with Crippen molar-refractivity contribution in [3.05, 3.63) is 88.1 Å². The molecule has 6 heteroatoms. The van der Waals surface area contributed by atoms with Gasteiger partial charge in [-0.25, -0.2) is 9.48 Å². The number of hydrogen-bond donors (Lipinski definition) is 0. The fraction of sp³-hybridized carbons (Fsp3) is 0.318. The first kappa shape index (κ1) is 18.2. The van der Waals surface area contributed by atoms with E-state index in [-0.39, 0.29) is 24.2 Å². The summed E-state index contributed by atoms with van der Waals surface area (Å²) in [5.41, 5.74) is 2.08. The molecule has 2 heterocycles. The van der Waals surface area contributed by atoms with Crippen molar-refractivity contribution in [3.8, 4) is 0 Å². The molecule has 1 aromatic heterocycles. The second-order valence-electron chi connectivity index (χ2n) is 7.18. The molecule has 1 aliphatic rings. The lowest BCUT2D eigenvalue weighted by Crippen LogP contribution is -2.47. The Kier molecular flexibility index (Phi) is 5.10. The van der Waals surface area contributed by atoms with Crippen LogP contribution in [0.25, 0.3) is 0 Å².